The van der Waals surface area contributed by atoms with Crippen LogP contribution in [0.4, 0.5) is 0 Å². The summed E-state index contributed by atoms with van der Waals surface area (Å²) >= 11 is 13.8. The van der Waals surface area contributed by atoms with Gasteiger partial charge in [-0.2, -0.15) is 0 Å². The van der Waals surface area contributed by atoms with Crippen LogP contribution in [0.2, 0.25) is 0 Å². The molecule has 8 nitrogen and oxygen atoms in total. The SMILES string of the molecule is ClC1CNCC2C=NC=C(/C=C\CNCCCN(Cc3ccc(CN4CCCNC/C=C\C5=CN=CC(CNCC(Cl)C4)C5)cc3)C1)C2. The van der Waals surface area contributed by atoms with Crippen molar-refractivity contribution in [3.05, 3.63) is 83.2 Å². The Morgan fingerprint density at radius 3 is 1.54 bits per heavy atom. The molecule has 10 heteroatoms. The van der Waals surface area contributed by atoms with Crippen LogP contribution in [-0.2, 0) is 13.1 Å². The van der Waals surface area contributed by atoms with Gasteiger partial charge in [-0.1, -0.05) is 48.6 Å². The number of nitrogens with one attached hydrogen (secondary N) is 4. The first-order valence-corrected chi connectivity index (χ1v) is 18.9. The predicted molar refractivity (Wildman–Crippen MR) is 205 cm³/mol. The summed E-state index contributed by atoms with van der Waals surface area (Å²) in [6, 6.07) is 9.19. The van der Waals surface area contributed by atoms with E-state index in [0.29, 0.717) is 11.8 Å². The maximum Gasteiger partial charge on any atom is 0.0587 e. The lowest BCUT2D eigenvalue weighted by atomic mass is 9.98. The smallest absolute Gasteiger partial charge is 0.0587 e. The molecule has 4 unspecified atom stereocenters. The summed E-state index contributed by atoms with van der Waals surface area (Å²) in [6.07, 6.45) is 21.2. The Bertz CT molecular complexity index is 1180. The topological polar surface area (TPSA) is 79.3 Å². The third-order valence-corrected chi connectivity index (χ3v) is 9.79. The van der Waals surface area contributed by atoms with E-state index in [4.69, 9.17) is 23.2 Å². The van der Waals surface area contributed by atoms with Gasteiger partial charge in [0.15, 0.2) is 0 Å². The molecule has 48 heavy (non-hydrogen) atoms. The van der Waals surface area contributed by atoms with Gasteiger partial charge in [0.1, 0.15) is 0 Å². The van der Waals surface area contributed by atoms with E-state index < -0.39 is 0 Å². The largest absolute Gasteiger partial charge is 0.315 e. The second kappa shape index (κ2) is 21.2. The van der Waals surface area contributed by atoms with E-state index in [9.17, 15) is 0 Å². The van der Waals surface area contributed by atoms with Crippen molar-refractivity contribution < 1.29 is 0 Å². The number of fused-ring (bicyclic) bond motifs is 4. The average molecular weight is 696 g/mol. The highest BCUT2D eigenvalue weighted by molar-refractivity contribution is 6.21. The maximum absolute atomic E-state index is 6.89. The van der Waals surface area contributed by atoms with Gasteiger partial charge in [-0.3, -0.25) is 19.8 Å². The molecule has 0 fully saturated rings. The van der Waals surface area contributed by atoms with E-state index in [1.807, 2.05) is 12.4 Å². The maximum atomic E-state index is 6.89. The summed E-state index contributed by atoms with van der Waals surface area (Å²) < 4.78 is 0. The molecule has 0 spiro atoms. The van der Waals surface area contributed by atoms with Crippen LogP contribution in [0.15, 0.2) is 82.1 Å². The standard InChI is InChI=1S/C38H56Cl2N8/c39-37-25-45-23-35-17-33(19-43-21-35)5-1-11-41-13-3-15-47(29-37)27-31-7-9-32(10-8-31)28-48-16-4-14-42-12-2-6-34-18-36(22-44-20-34)24-46-26-38(40)30-48/h1-2,5-10,19-22,35-38,41-42,45-46H,3-4,11-18,23-30H2/b5-1-,6-2-. The number of rotatable bonds is 4. The third-order valence-electron chi connectivity index (χ3n) is 9.21. The summed E-state index contributed by atoms with van der Waals surface area (Å²) in [6.45, 7) is 12.6. The number of halogens is 2. The fraction of sp³-hybridized carbons (Fsp3) is 0.579. The van der Waals surface area contributed by atoms with Crippen molar-refractivity contribution in [1.82, 2.24) is 31.1 Å². The first-order chi connectivity index (χ1) is 23.6. The van der Waals surface area contributed by atoms with E-state index in [1.54, 1.807) is 0 Å². The van der Waals surface area contributed by atoms with Crippen molar-refractivity contribution in [3.8, 4) is 0 Å². The lowest BCUT2D eigenvalue weighted by molar-refractivity contribution is 0.256. The fourth-order valence-electron chi connectivity index (χ4n) is 6.73. The highest BCUT2D eigenvalue weighted by Crippen LogP contribution is 2.18. The van der Waals surface area contributed by atoms with Crippen molar-refractivity contribution in [3.63, 3.8) is 0 Å². The van der Waals surface area contributed by atoms with Crippen molar-refractivity contribution in [2.75, 3.05) is 78.5 Å². The normalized spacial score (nSPS) is 29.5. The Balaban J connectivity index is 1.13. The van der Waals surface area contributed by atoms with Crippen molar-refractivity contribution in [1.29, 1.82) is 0 Å². The molecule has 4 N–H and O–H groups in total. The van der Waals surface area contributed by atoms with Crippen LogP contribution < -0.4 is 21.3 Å². The number of alkyl halides is 2. The third kappa shape index (κ3) is 14.0. The van der Waals surface area contributed by atoms with Crippen LogP contribution in [0.25, 0.3) is 0 Å². The van der Waals surface area contributed by atoms with Gasteiger partial charge in [-0.05, 0) is 74.1 Å². The van der Waals surface area contributed by atoms with Gasteiger partial charge in [0.2, 0.25) is 0 Å². The molecule has 262 valence electrons. The van der Waals surface area contributed by atoms with Crippen LogP contribution in [0, 0.1) is 11.8 Å². The summed E-state index contributed by atoms with van der Waals surface area (Å²) in [5, 5.41) is 14.4. The zero-order chi connectivity index (χ0) is 33.2. The molecule has 4 aliphatic heterocycles. The number of hydrogen-bond donors (Lipinski definition) is 4. The van der Waals surface area contributed by atoms with E-state index in [1.165, 1.54) is 22.3 Å². The van der Waals surface area contributed by atoms with Crippen LogP contribution in [0.5, 0.6) is 0 Å². The molecule has 0 saturated carbocycles. The minimum atomic E-state index is 0.0468. The Labute approximate surface area is 298 Å². The molecule has 4 heterocycles. The molecule has 0 radical (unpaired) electrons. The molecule has 4 atom stereocenters. The Hall–Kier alpha value is -2.14. The van der Waals surface area contributed by atoms with Crippen molar-refractivity contribution in [2.24, 2.45) is 21.8 Å². The predicted octanol–water partition coefficient (Wildman–Crippen LogP) is 4.73. The summed E-state index contributed by atoms with van der Waals surface area (Å²) in [7, 11) is 0. The number of allylic oxidation sites excluding steroid dienone is 4. The molecule has 4 aliphatic rings. The zero-order valence-corrected chi connectivity index (χ0v) is 30.0. The average Bonchev–Trinajstić information content (AvgIpc) is 3.08. The van der Waals surface area contributed by atoms with E-state index in [0.717, 1.165) is 117 Å². The summed E-state index contributed by atoms with van der Waals surface area (Å²) in [4.78, 5) is 14.0. The summed E-state index contributed by atoms with van der Waals surface area (Å²) in [5.74, 6) is 0.821. The fourth-order valence-corrected chi connectivity index (χ4v) is 7.34. The molecule has 1 aromatic carbocycles. The second-order valence-electron chi connectivity index (χ2n) is 13.7. The number of benzene rings is 1. The van der Waals surface area contributed by atoms with Crippen molar-refractivity contribution >= 4 is 35.6 Å². The highest BCUT2D eigenvalue weighted by atomic mass is 35.5. The van der Waals surface area contributed by atoms with Gasteiger partial charge in [-0.15, -0.1) is 23.2 Å². The number of aliphatic imine (C=N–C) groups is 2. The van der Waals surface area contributed by atoms with Crippen LogP contribution >= 0.6 is 23.2 Å². The second-order valence-corrected chi connectivity index (χ2v) is 14.9. The van der Waals surface area contributed by atoms with Crippen molar-refractivity contribution in [2.45, 2.75) is 49.5 Å². The molecule has 1 aromatic rings. The molecule has 0 aromatic heterocycles. The number of nitrogens with zero attached hydrogens (tertiary/aromatic N) is 4. The molecule has 5 rings (SSSR count). The van der Waals surface area contributed by atoms with E-state index >= 15 is 0 Å². The minimum Gasteiger partial charge on any atom is -0.315 e. The zero-order valence-electron chi connectivity index (χ0n) is 28.5. The van der Waals surface area contributed by atoms with E-state index in [-0.39, 0.29) is 10.8 Å². The summed E-state index contributed by atoms with van der Waals surface area (Å²) in [5.41, 5.74) is 5.24. The van der Waals surface area contributed by atoms with Gasteiger partial charge in [0, 0.05) is 102 Å². The van der Waals surface area contributed by atoms with Crippen LogP contribution in [0.3, 0.4) is 0 Å². The lowest BCUT2D eigenvalue weighted by Gasteiger charge is -2.27. The first kappa shape index (κ1) is 37.1. The van der Waals surface area contributed by atoms with E-state index in [2.05, 4.69) is 102 Å². The minimum absolute atomic E-state index is 0.0468. The molecular formula is C38H56Cl2N8. The molecule has 0 amide bonds. The van der Waals surface area contributed by atoms with Gasteiger partial charge < -0.3 is 21.3 Å². The molecule has 0 aliphatic carbocycles. The Morgan fingerprint density at radius 2 is 1.08 bits per heavy atom. The van der Waals surface area contributed by atoms with Crippen LogP contribution in [-0.4, -0.2) is 112 Å². The molecule has 0 saturated heterocycles. The monoisotopic (exact) mass is 694 g/mol. The molecule has 4 bridgehead atoms. The first-order valence-electron chi connectivity index (χ1n) is 18.0. The van der Waals surface area contributed by atoms with Gasteiger partial charge in [0.05, 0.1) is 10.8 Å². The van der Waals surface area contributed by atoms with Crippen LogP contribution in [0.1, 0.15) is 36.8 Å². The Kier molecular flexibility index (Phi) is 16.4. The van der Waals surface area contributed by atoms with Gasteiger partial charge in [0.25, 0.3) is 0 Å². The van der Waals surface area contributed by atoms with Gasteiger partial charge >= 0.3 is 0 Å². The lowest BCUT2D eigenvalue weighted by Crippen LogP contribution is -2.38. The highest BCUT2D eigenvalue weighted by Gasteiger charge is 2.18. The quantitative estimate of drug-likeness (QED) is 0.342. The number of hydrogen-bond acceptors (Lipinski definition) is 8. The van der Waals surface area contributed by atoms with Gasteiger partial charge in [-0.25, -0.2) is 0 Å². The molecular weight excluding hydrogens is 639 g/mol. The Morgan fingerprint density at radius 1 is 0.625 bits per heavy atom.